The van der Waals surface area contributed by atoms with Gasteiger partial charge in [0.1, 0.15) is 48.8 Å². The van der Waals surface area contributed by atoms with E-state index < -0.39 is 109 Å². The number of fused-ring (bicyclic) bond motifs is 5. The van der Waals surface area contributed by atoms with Crippen LogP contribution in [0.5, 0.6) is 0 Å². The van der Waals surface area contributed by atoms with E-state index >= 15 is 0 Å². The Balaban J connectivity index is 1.25. The van der Waals surface area contributed by atoms with Gasteiger partial charge in [-0.3, -0.25) is 0 Å². The number of hydrogen-bond donors (Lipinski definition) is 10. The van der Waals surface area contributed by atoms with Gasteiger partial charge in [-0.15, -0.1) is 0 Å². The third-order valence-electron chi connectivity index (χ3n) is 16.5. The molecule has 2 saturated heterocycles. The highest BCUT2D eigenvalue weighted by Crippen LogP contribution is 2.76. The fraction of sp³-hybridized carbons (Fsp3) is 0.952. The van der Waals surface area contributed by atoms with Gasteiger partial charge in [-0.05, 0) is 117 Å². The molecule has 21 atom stereocenters. The largest absolute Gasteiger partial charge is 0.394 e. The lowest BCUT2D eigenvalue weighted by molar-refractivity contribution is -0.383. The average molecular weight is 801 g/mol. The lowest BCUT2D eigenvalue weighted by atomic mass is 9.35. The zero-order valence-electron chi connectivity index (χ0n) is 34.6. The SMILES string of the molecule is CC(C)=CCCC(C)(O)C1CCC2(C)C1C(O)CC1C3(C)CC(O)C(O[C@@H]4O[C@H](CO)[C@@H](O)[C@H](O)[C@H]4O[C@@H]4O[C@H](CO)[C@@H](O)[C@H](O)[C@H]4O)C(C)(C)C3CCC12C. The van der Waals surface area contributed by atoms with Crippen molar-refractivity contribution in [3.05, 3.63) is 11.6 Å². The Morgan fingerprint density at radius 2 is 1.32 bits per heavy atom. The van der Waals surface area contributed by atoms with Crippen LogP contribution in [-0.2, 0) is 18.9 Å². The summed E-state index contributed by atoms with van der Waals surface area (Å²) in [6.07, 6.45) is -10.5. The van der Waals surface area contributed by atoms with Crippen LogP contribution in [0.15, 0.2) is 11.6 Å². The summed E-state index contributed by atoms with van der Waals surface area (Å²) in [5.74, 6) is -0.0322. The van der Waals surface area contributed by atoms with Crippen LogP contribution in [0.1, 0.15) is 107 Å². The zero-order valence-corrected chi connectivity index (χ0v) is 34.6. The predicted molar refractivity (Wildman–Crippen MR) is 202 cm³/mol. The molecule has 14 heteroatoms. The standard InChI is InChI=1S/C42H72O14/c1-20(2)10-9-13-42(8,52)21-11-14-41(7)28(21)22(45)16-27-39(5)17-23(46)35(38(3,4)26(39)12-15-40(27,41)6)56-37-34(32(50)30(48)25(19-44)54-37)55-36-33(51)31(49)29(47)24(18-43)53-36/h10,21-37,43-52H,9,11-19H2,1-8H3/t21?,22?,23?,24-,25-,26?,27?,28?,29-,30-,31+,32+,33-,34-,35?,36+,37+,39?,40?,41?,42?/m1/s1. The minimum Gasteiger partial charge on any atom is -0.394 e. The number of aliphatic hydroxyl groups is 10. The fourth-order valence-corrected chi connectivity index (χ4v) is 13.5. The summed E-state index contributed by atoms with van der Waals surface area (Å²) in [5, 5.41) is 110. The summed E-state index contributed by atoms with van der Waals surface area (Å²) in [5.41, 5.74) is -1.25. The van der Waals surface area contributed by atoms with Crippen molar-refractivity contribution in [1.82, 2.24) is 0 Å². The molecule has 2 aliphatic heterocycles. The van der Waals surface area contributed by atoms with E-state index in [1.54, 1.807) is 0 Å². The summed E-state index contributed by atoms with van der Waals surface area (Å²) in [6, 6.07) is 0. The molecule has 56 heavy (non-hydrogen) atoms. The molecule has 0 aromatic carbocycles. The number of aliphatic hydroxyl groups excluding tert-OH is 9. The minimum atomic E-state index is -1.81. The Bertz CT molecular complexity index is 1400. The monoisotopic (exact) mass is 800 g/mol. The van der Waals surface area contributed by atoms with Crippen molar-refractivity contribution >= 4 is 0 Å². The van der Waals surface area contributed by atoms with Gasteiger partial charge in [0.2, 0.25) is 0 Å². The molecule has 4 saturated carbocycles. The van der Waals surface area contributed by atoms with Gasteiger partial charge < -0.3 is 70.0 Å². The maximum Gasteiger partial charge on any atom is 0.187 e. The average Bonchev–Trinajstić information content (AvgIpc) is 3.50. The molecule has 0 radical (unpaired) electrons. The van der Waals surface area contributed by atoms with Crippen LogP contribution in [0, 0.1) is 45.3 Å². The first-order valence-corrected chi connectivity index (χ1v) is 21.0. The Morgan fingerprint density at radius 1 is 0.732 bits per heavy atom. The molecule has 2 heterocycles. The van der Waals surface area contributed by atoms with Gasteiger partial charge in [0.25, 0.3) is 0 Å². The first kappa shape index (κ1) is 44.7. The van der Waals surface area contributed by atoms with E-state index in [0.29, 0.717) is 19.3 Å². The number of allylic oxidation sites excluding steroid dienone is 2. The molecule has 0 amide bonds. The van der Waals surface area contributed by atoms with E-state index in [4.69, 9.17) is 18.9 Å². The molecule has 14 nitrogen and oxygen atoms in total. The lowest BCUT2D eigenvalue weighted by Crippen LogP contribution is -2.70. The maximum absolute atomic E-state index is 12.2. The Labute approximate surface area is 331 Å². The highest BCUT2D eigenvalue weighted by molar-refractivity contribution is 5.21. The summed E-state index contributed by atoms with van der Waals surface area (Å²) < 4.78 is 24.1. The molecular weight excluding hydrogens is 728 g/mol. The summed E-state index contributed by atoms with van der Waals surface area (Å²) >= 11 is 0. The molecule has 10 N–H and O–H groups in total. The third-order valence-corrected chi connectivity index (χ3v) is 16.5. The van der Waals surface area contributed by atoms with Crippen LogP contribution in [-0.4, -0.2) is 150 Å². The van der Waals surface area contributed by atoms with Crippen molar-refractivity contribution in [3.63, 3.8) is 0 Å². The first-order valence-electron chi connectivity index (χ1n) is 21.0. The molecule has 324 valence electrons. The van der Waals surface area contributed by atoms with E-state index in [1.807, 2.05) is 20.8 Å². The van der Waals surface area contributed by atoms with Crippen LogP contribution in [0.2, 0.25) is 0 Å². The zero-order chi connectivity index (χ0) is 41.5. The summed E-state index contributed by atoms with van der Waals surface area (Å²) in [6.45, 7) is 15.7. The topological polar surface area (TPSA) is 239 Å². The third kappa shape index (κ3) is 7.16. The molecule has 6 fully saturated rings. The molecule has 0 bridgehead atoms. The second-order valence-electron chi connectivity index (χ2n) is 20.3. The Hall–Kier alpha value is -0.820. The van der Waals surface area contributed by atoms with Gasteiger partial charge in [0.05, 0.1) is 37.1 Å². The molecule has 4 aliphatic carbocycles. The normalized spacial score (nSPS) is 52.6. The van der Waals surface area contributed by atoms with E-state index in [9.17, 15) is 51.1 Å². The fourth-order valence-electron chi connectivity index (χ4n) is 13.5. The van der Waals surface area contributed by atoms with Crippen LogP contribution in [0.25, 0.3) is 0 Å². The van der Waals surface area contributed by atoms with E-state index in [-0.39, 0.29) is 34.5 Å². The highest BCUT2D eigenvalue weighted by Gasteiger charge is 2.72. The van der Waals surface area contributed by atoms with Gasteiger partial charge in [0.15, 0.2) is 12.6 Å². The molecule has 11 unspecified atom stereocenters. The van der Waals surface area contributed by atoms with Crippen molar-refractivity contribution in [2.75, 3.05) is 13.2 Å². The van der Waals surface area contributed by atoms with Gasteiger partial charge in [-0.2, -0.15) is 0 Å². The van der Waals surface area contributed by atoms with Crippen LogP contribution >= 0.6 is 0 Å². The van der Waals surface area contributed by atoms with E-state index in [0.717, 1.165) is 32.1 Å². The number of hydrogen-bond acceptors (Lipinski definition) is 14. The first-order chi connectivity index (χ1) is 26.0. The summed E-state index contributed by atoms with van der Waals surface area (Å²) in [4.78, 5) is 0. The Kier molecular flexibility index (Phi) is 12.7. The molecule has 6 rings (SSSR count). The smallest absolute Gasteiger partial charge is 0.187 e. The molecule has 0 aromatic rings. The van der Waals surface area contributed by atoms with Gasteiger partial charge in [0, 0.05) is 0 Å². The van der Waals surface area contributed by atoms with Crippen molar-refractivity contribution in [2.45, 2.75) is 192 Å². The van der Waals surface area contributed by atoms with Crippen LogP contribution < -0.4 is 0 Å². The van der Waals surface area contributed by atoms with Crippen molar-refractivity contribution < 1.29 is 70.0 Å². The van der Waals surface area contributed by atoms with Crippen LogP contribution in [0.4, 0.5) is 0 Å². The predicted octanol–water partition coefficient (Wildman–Crippen LogP) is 1.12. The van der Waals surface area contributed by atoms with Crippen molar-refractivity contribution in [2.24, 2.45) is 45.3 Å². The maximum atomic E-state index is 12.2. The second kappa shape index (κ2) is 15.9. The van der Waals surface area contributed by atoms with Crippen LogP contribution in [0.3, 0.4) is 0 Å². The van der Waals surface area contributed by atoms with Gasteiger partial charge in [-0.25, -0.2) is 0 Å². The van der Waals surface area contributed by atoms with Crippen molar-refractivity contribution in [3.8, 4) is 0 Å². The molecule has 0 spiro atoms. The van der Waals surface area contributed by atoms with E-state index in [1.165, 1.54) is 5.57 Å². The van der Waals surface area contributed by atoms with Crippen molar-refractivity contribution in [1.29, 1.82) is 0 Å². The Morgan fingerprint density at radius 3 is 1.93 bits per heavy atom. The van der Waals surface area contributed by atoms with Gasteiger partial charge in [-0.1, -0.05) is 46.3 Å². The summed E-state index contributed by atoms with van der Waals surface area (Å²) in [7, 11) is 0. The second-order valence-corrected chi connectivity index (χ2v) is 20.3. The molecule has 0 aromatic heterocycles. The molecular formula is C42H72O14. The lowest BCUT2D eigenvalue weighted by Gasteiger charge is -2.71. The quantitative estimate of drug-likeness (QED) is 0.110. The van der Waals surface area contributed by atoms with E-state index in [2.05, 4.69) is 40.7 Å². The highest BCUT2D eigenvalue weighted by atomic mass is 16.8. The number of rotatable bonds is 10. The minimum absolute atomic E-state index is 0.00996. The number of ether oxygens (including phenoxy) is 4. The van der Waals surface area contributed by atoms with Gasteiger partial charge >= 0.3 is 0 Å². The molecule has 6 aliphatic rings.